The maximum Gasteiger partial charge on any atom is 0.249 e. The van der Waals surface area contributed by atoms with Crippen LogP contribution >= 0.6 is 0 Å². The van der Waals surface area contributed by atoms with Crippen LogP contribution in [0, 0.1) is 6.92 Å². The van der Waals surface area contributed by atoms with E-state index in [-0.39, 0.29) is 4.90 Å². The van der Waals surface area contributed by atoms with E-state index in [4.69, 9.17) is 4.42 Å². The van der Waals surface area contributed by atoms with Crippen LogP contribution in [-0.2, 0) is 10.0 Å². The quantitative estimate of drug-likeness (QED) is 0.685. The molecule has 0 N–H and O–H groups in total. The Hall–Kier alpha value is -2.58. The van der Waals surface area contributed by atoms with Gasteiger partial charge in [0.25, 0.3) is 0 Å². The Balaban J connectivity index is 1.67. The van der Waals surface area contributed by atoms with E-state index in [9.17, 15) is 8.42 Å². The van der Waals surface area contributed by atoms with Gasteiger partial charge >= 0.3 is 0 Å². The summed E-state index contributed by atoms with van der Waals surface area (Å²) in [6.07, 6.45) is 5.68. The van der Waals surface area contributed by atoms with Crippen molar-refractivity contribution in [3.05, 3.63) is 60.2 Å². The number of aromatic nitrogens is 3. The van der Waals surface area contributed by atoms with Gasteiger partial charge in [-0.1, -0.05) is 24.1 Å². The van der Waals surface area contributed by atoms with Crippen molar-refractivity contribution >= 4 is 10.0 Å². The van der Waals surface area contributed by atoms with Gasteiger partial charge in [0, 0.05) is 18.9 Å². The molecular formula is C19H20N4O3S. The first kappa shape index (κ1) is 17.8. The summed E-state index contributed by atoms with van der Waals surface area (Å²) in [7, 11) is -3.64. The molecule has 0 spiro atoms. The van der Waals surface area contributed by atoms with Crippen LogP contribution in [0.25, 0.3) is 11.5 Å². The number of piperidine rings is 1. The molecule has 2 aromatic heterocycles. The minimum atomic E-state index is -3.64. The molecule has 0 unspecified atom stereocenters. The zero-order valence-corrected chi connectivity index (χ0v) is 15.8. The third-order valence-electron chi connectivity index (χ3n) is 4.72. The molecule has 1 aromatic carbocycles. The zero-order valence-electron chi connectivity index (χ0n) is 14.9. The van der Waals surface area contributed by atoms with E-state index >= 15 is 0 Å². The Morgan fingerprint density at radius 3 is 2.67 bits per heavy atom. The largest absolute Gasteiger partial charge is 0.419 e. The average molecular weight is 384 g/mol. The lowest BCUT2D eigenvalue weighted by atomic mass is 10.1. The molecule has 3 aromatic rings. The van der Waals surface area contributed by atoms with Gasteiger partial charge in [-0.25, -0.2) is 8.42 Å². The highest BCUT2D eigenvalue weighted by Crippen LogP contribution is 2.35. The Kier molecular flexibility index (Phi) is 4.75. The van der Waals surface area contributed by atoms with E-state index in [1.54, 1.807) is 42.7 Å². The standard InChI is InChI=1S/C19H20N4O3S/c1-14-7-9-16(10-8-14)27(24,25)23-12-3-2-6-17(23)19-22-21-18(26-19)15-5-4-11-20-13-15/h4-5,7-11,13,17H,2-3,6,12H2,1H3/t17-/m1/s1. The summed E-state index contributed by atoms with van der Waals surface area (Å²) in [5.74, 6) is 0.667. The Morgan fingerprint density at radius 2 is 1.93 bits per heavy atom. The monoisotopic (exact) mass is 384 g/mol. The molecule has 1 atom stereocenters. The number of pyridine rings is 1. The van der Waals surface area contributed by atoms with E-state index in [2.05, 4.69) is 15.2 Å². The molecule has 8 heteroatoms. The molecule has 4 rings (SSSR count). The topological polar surface area (TPSA) is 89.2 Å². The number of nitrogens with zero attached hydrogens (tertiary/aromatic N) is 4. The van der Waals surface area contributed by atoms with Crippen molar-refractivity contribution in [1.29, 1.82) is 0 Å². The molecule has 0 bridgehead atoms. The molecule has 7 nitrogen and oxygen atoms in total. The third kappa shape index (κ3) is 3.50. The second-order valence-electron chi connectivity index (χ2n) is 6.63. The Bertz CT molecular complexity index is 1020. The van der Waals surface area contributed by atoms with Gasteiger partial charge in [-0.15, -0.1) is 10.2 Å². The summed E-state index contributed by atoms with van der Waals surface area (Å²) < 4.78 is 33.7. The number of hydrogen-bond donors (Lipinski definition) is 0. The summed E-state index contributed by atoms with van der Waals surface area (Å²) in [6, 6.07) is 10.1. The van der Waals surface area contributed by atoms with E-state index in [0.717, 1.165) is 18.4 Å². The van der Waals surface area contributed by atoms with E-state index in [0.29, 0.717) is 30.3 Å². The highest BCUT2D eigenvalue weighted by molar-refractivity contribution is 7.89. The van der Waals surface area contributed by atoms with E-state index < -0.39 is 16.1 Å². The number of hydrogen-bond acceptors (Lipinski definition) is 6. The normalized spacial score (nSPS) is 18.5. The molecule has 1 saturated heterocycles. The van der Waals surface area contributed by atoms with E-state index in [1.165, 1.54) is 4.31 Å². The zero-order chi connectivity index (χ0) is 18.9. The van der Waals surface area contributed by atoms with Crippen molar-refractivity contribution < 1.29 is 12.8 Å². The summed E-state index contributed by atoms with van der Waals surface area (Å²) in [5, 5.41) is 8.22. The number of sulfonamides is 1. The first-order chi connectivity index (χ1) is 13.1. The maximum atomic E-state index is 13.2. The second-order valence-corrected chi connectivity index (χ2v) is 8.52. The lowest BCUT2D eigenvalue weighted by Crippen LogP contribution is -2.38. The van der Waals surface area contributed by atoms with Crippen LogP contribution in [0.3, 0.4) is 0 Å². The van der Waals surface area contributed by atoms with Gasteiger partial charge in [0.1, 0.15) is 6.04 Å². The van der Waals surface area contributed by atoms with Crippen LogP contribution in [0.2, 0.25) is 0 Å². The van der Waals surface area contributed by atoms with Crippen molar-refractivity contribution in [2.45, 2.75) is 37.1 Å². The van der Waals surface area contributed by atoms with Crippen molar-refractivity contribution in [3.8, 4) is 11.5 Å². The SMILES string of the molecule is Cc1ccc(S(=O)(=O)N2CCCC[C@@H]2c2nnc(-c3cccnc3)o2)cc1. The predicted molar refractivity (Wildman–Crippen MR) is 99.2 cm³/mol. The lowest BCUT2D eigenvalue weighted by molar-refractivity contribution is 0.220. The lowest BCUT2D eigenvalue weighted by Gasteiger charge is -2.32. The summed E-state index contributed by atoms with van der Waals surface area (Å²) in [5.41, 5.74) is 1.72. The molecule has 1 aliphatic rings. The van der Waals surface area contributed by atoms with Gasteiger partial charge in [-0.05, 0) is 44.0 Å². The van der Waals surface area contributed by atoms with Crippen molar-refractivity contribution in [2.75, 3.05) is 6.54 Å². The molecule has 1 fully saturated rings. The van der Waals surface area contributed by atoms with Gasteiger partial charge in [0.05, 0.1) is 10.5 Å². The number of rotatable bonds is 4. The van der Waals surface area contributed by atoms with E-state index in [1.807, 2.05) is 13.0 Å². The maximum absolute atomic E-state index is 13.2. The fourth-order valence-electron chi connectivity index (χ4n) is 3.26. The molecule has 27 heavy (non-hydrogen) atoms. The van der Waals surface area contributed by atoms with Gasteiger partial charge in [0.2, 0.25) is 21.8 Å². The van der Waals surface area contributed by atoms with Crippen LogP contribution < -0.4 is 0 Å². The first-order valence-corrected chi connectivity index (χ1v) is 10.3. The van der Waals surface area contributed by atoms with Crippen LogP contribution in [-0.4, -0.2) is 34.4 Å². The van der Waals surface area contributed by atoms with Gasteiger partial charge in [0.15, 0.2) is 0 Å². The molecule has 0 radical (unpaired) electrons. The molecular weight excluding hydrogens is 364 g/mol. The second kappa shape index (κ2) is 7.21. The number of aryl methyl sites for hydroxylation is 1. The summed E-state index contributed by atoms with van der Waals surface area (Å²) >= 11 is 0. The van der Waals surface area contributed by atoms with Crippen LogP contribution in [0.1, 0.15) is 36.8 Å². The minimum absolute atomic E-state index is 0.284. The van der Waals surface area contributed by atoms with Crippen LogP contribution in [0.5, 0.6) is 0 Å². The van der Waals surface area contributed by atoms with Crippen LogP contribution in [0.4, 0.5) is 0 Å². The van der Waals surface area contributed by atoms with Gasteiger partial charge < -0.3 is 4.42 Å². The minimum Gasteiger partial charge on any atom is -0.419 e. The van der Waals surface area contributed by atoms with Crippen LogP contribution in [0.15, 0.2) is 58.1 Å². The highest BCUT2D eigenvalue weighted by Gasteiger charge is 2.37. The first-order valence-electron chi connectivity index (χ1n) is 8.88. The molecule has 140 valence electrons. The van der Waals surface area contributed by atoms with Gasteiger partial charge in [-0.3, -0.25) is 4.98 Å². The van der Waals surface area contributed by atoms with Crippen molar-refractivity contribution in [1.82, 2.24) is 19.5 Å². The van der Waals surface area contributed by atoms with Gasteiger partial charge in [-0.2, -0.15) is 4.31 Å². The fraction of sp³-hybridized carbons (Fsp3) is 0.316. The summed E-state index contributed by atoms with van der Waals surface area (Å²) in [6.45, 7) is 2.37. The smallest absolute Gasteiger partial charge is 0.249 e. The van der Waals surface area contributed by atoms with Crippen molar-refractivity contribution in [3.63, 3.8) is 0 Å². The third-order valence-corrected chi connectivity index (χ3v) is 6.64. The fourth-order valence-corrected chi connectivity index (χ4v) is 4.91. The molecule has 1 aliphatic heterocycles. The summed E-state index contributed by atoms with van der Waals surface area (Å²) in [4.78, 5) is 4.33. The molecule has 3 heterocycles. The molecule has 0 saturated carbocycles. The van der Waals surface area contributed by atoms with Crippen molar-refractivity contribution in [2.24, 2.45) is 0 Å². The Labute approximate surface area is 158 Å². The highest BCUT2D eigenvalue weighted by atomic mass is 32.2. The average Bonchev–Trinajstić information content (AvgIpc) is 3.19. The predicted octanol–water partition coefficient (Wildman–Crippen LogP) is 3.36. The Morgan fingerprint density at radius 1 is 1.11 bits per heavy atom. The number of benzene rings is 1. The molecule has 0 amide bonds. The molecule has 0 aliphatic carbocycles.